The van der Waals surface area contributed by atoms with E-state index in [2.05, 4.69) is 9.97 Å². The van der Waals surface area contributed by atoms with Crippen LogP contribution in [0.1, 0.15) is 29.6 Å². The summed E-state index contributed by atoms with van der Waals surface area (Å²) in [4.78, 5) is 33.7. The number of aromatic nitrogens is 2. The van der Waals surface area contributed by atoms with Crippen molar-refractivity contribution >= 4 is 11.9 Å². The Morgan fingerprint density at radius 1 is 1.23 bits per heavy atom. The van der Waals surface area contributed by atoms with Gasteiger partial charge >= 0.3 is 5.97 Å². The first-order chi connectivity index (χ1) is 12.6. The van der Waals surface area contributed by atoms with E-state index in [4.69, 9.17) is 4.74 Å². The normalized spacial score (nSPS) is 20.6. The van der Waals surface area contributed by atoms with Gasteiger partial charge in [-0.1, -0.05) is 6.07 Å². The van der Waals surface area contributed by atoms with Crippen LogP contribution in [0.2, 0.25) is 0 Å². The molecule has 1 saturated heterocycles. The number of carbonyl (C=O) groups is 2. The summed E-state index contributed by atoms with van der Waals surface area (Å²) < 4.78 is 5.63. The minimum Gasteiger partial charge on any atom is -0.481 e. The van der Waals surface area contributed by atoms with E-state index < -0.39 is 5.97 Å². The lowest BCUT2D eigenvalue weighted by Crippen LogP contribution is -2.40. The molecule has 1 amide bonds. The highest BCUT2D eigenvalue weighted by molar-refractivity contribution is 5.94. The third-order valence-electron chi connectivity index (χ3n) is 5.38. The molecule has 1 spiro atoms. The Morgan fingerprint density at radius 3 is 2.69 bits per heavy atom. The summed E-state index contributed by atoms with van der Waals surface area (Å²) >= 11 is 0. The van der Waals surface area contributed by atoms with Crippen LogP contribution in [-0.4, -0.2) is 44.9 Å². The molecule has 1 saturated carbocycles. The maximum atomic E-state index is 12.8. The predicted molar refractivity (Wildman–Crippen MR) is 91.9 cm³/mol. The Morgan fingerprint density at radius 2 is 2.04 bits per heavy atom. The maximum absolute atomic E-state index is 12.8. The van der Waals surface area contributed by atoms with Gasteiger partial charge in [0.2, 0.25) is 5.88 Å². The minimum atomic E-state index is -0.710. The van der Waals surface area contributed by atoms with Crippen molar-refractivity contribution in [1.29, 1.82) is 0 Å². The molecule has 1 unspecified atom stereocenters. The van der Waals surface area contributed by atoms with Crippen LogP contribution < -0.4 is 4.74 Å². The Balaban J connectivity index is 1.41. The van der Waals surface area contributed by atoms with Gasteiger partial charge in [0.1, 0.15) is 5.75 Å². The van der Waals surface area contributed by atoms with Gasteiger partial charge in [-0.25, -0.2) is 4.98 Å². The van der Waals surface area contributed by atoms with Gasteiger partial charge in [-0.2, -0.15) is 0 Å². The van der Waals surface area contributed by atoms with Crippen molar-refractivity contribution in [2.45, 2.75) is 19.3 Å². The summed E-state index contributed by atoms with van der Waals surface area (Å²) in [5, 5.41) is 9.17. The van der Waals surface area contributed by atoms with Crippen molar-refractivity contribution in [3.8, 4) is 11.6 Å². The molecular formula is C19H19N3O4. The number of nitrogens with zero attached hydrogens (tertiary/aromatic N) is 3. The van der Waals surface area contributed by atoms with Gasteiger partial charge in [0.05, 0.1) is 12.1 Å². The van der Waals surface area contributed by atoms with Crippen molar-refractivity contribution in [2.75, 3.05) is 13.1 Å². The predicted octanol–water partition coefficient (Wildman–Crippen LogP) is 2.60. The number of hydrogen-bond donors (Lipinski definition) is 1. The zero-order valence-corrected chi connectivity index (χ0v) is 14.2. The molecule has 0 radical (unpaired) electrons. The number of hydrogen-bond acceptors (Lipinski definition) is 5. The summed E-state index contributed by atoms with van der Waals surface area (Å²) in [6.07, 6.45) is 6.86. The molecule has 1 aromatic heterocycles. The molecule has 7 nitrogen and oxygen atoms in total. The monoisotopic (exact) mass is 353 g/mol. The van der Waals surface area contributed by atoms with Crippen LogP contribution in [0.3, 0.4) is 0 Å². The third kappa shape index (κ3) is 3.12. The zero-order valence-electron chi connectivity index (χ0n) is 14.2. The topological polar surface area (TPSA) is 92.6 Å². The van der Waals surface area contributed by atoms with Crippen LogP contribution in [-0.2, 0) is 4.79 Å². The first kappa shape index (κ1) is 16.5. The SMILES string of the molecule is O=C(O)C1CC12CCN(C(=O)c1cccc(Oc3cnccn3)c1)CC2. The van der Waals surface area contributed by atoms with Crippen LogP contribution >= 0.6 is 0 Å². The average Bonchev–Trinajstić information content (AvgIpc) is 3.37. The van der Waals surface area contributed by atoms with Gasteiger partial charge in [0, 0.05) is 31.0 Å². The molecule has 2 aliphatic rings. The standard InChI is InChI=1S/C19H19N3O4/c23-17(22-8-4-19(5-9-22)11-15(19)18(24)25)13-2-1-3-14(10-13)26-16-12-20-6-7-21-16/h1-3,6-7,10,12,15H,4-5,8-9,11H2,(H,24,25). The van der Waals surface area contributed by atoms with Crippen LogP contribution in [0.5, 0.6) is 11.6 Å². The van der Waals surface area contributed by atoms with E-state index >= 15 is 0 Å². The van der Waals surface area contributed by atoms with Crippen molar-refractivity contribution < 1.29 is 19.4 Å². The number of rotatable bonds is 4. The molecule has 7 heteroatoms. The Bertz CT molecular complexity index is 832. The molecule has 1 aliphatic heterocycles. The van der Waals surface area contributed by atoms with Gasteiger partial charge in [-0.3, -0.25) is 14.6 Å². The van der Waals surface area contributed by atoms with Crippen molar-refractivity contribution in [3.63, 3.8) is 0 Å². The first-order valence-corrected chi connectivity index (χ1v) is 8.63. The van der Waals surface area contributed by atoms with E-state index in [0.29, 0.717) is 30.3 Å². The van der Waals surface area contributed by atoms with E-state index in [9.17, 15) is 14.7 Å². The lowest BCUT2D eigenvalue weighted by molar-refractivity contribution is -0.139. The quantitative estimate of drug-likeness (QED) is 0.908. The Kier molecular flexibility index (Phi) is 4.06. The number of ether oxygens (including phenoxy) is 1. The van der Waals surface area contributed by atoms with Crippen LogP contribution in [0.4, 0.5) is 0 Å². The molecule has 134 valence electrons. The Hall–Kier alpha value is -2.96. The van der Waals surface area contributed by atoms with Crippen molar-refractivity contribution in [2.24, 2.45) is 11.3 Å². The highest BCUT2D eigenvalue weighted by atomic mass is 16.5. The molecule has 2 aromatic rings. The number of carbonyl (C=O) groups excluding carboxylic acids is 1. The fourth-order valence-electron chi connectivity index (χ4n) is 3.74. The third-order valence-corrected chi connectivity index (χ3v) is 5.38. The largest absolute Gasteiger partial charge is 0.481 e. The molecule has 4 rings (SSSR count). The summed E-state index contributed by atoms with van der Waals surface area (Å²) in [6, 6.07) is 6.98. The van der Waals surface area contributed by atoms with Gasteiger partial charge in [0.15, 0.2) is 0 Å². The van der Waals surface area contributed by atoms with Gasteiger partial charge in [0.25, 0.3) is 5.91 Å². The molecule has 0 bridgehead atoms. The van der Waals surface area contributed by atoms with Crippen molar-refractivity contribution in [3.05, 3.63) is 48.4 Å². The van der Waals surface area contributed by atoms with Crippen LogP contribution in [0, 0.1) is 11.3 Å². The van der Waals surface area contributed by atoms with Crippen LogP contribution in [0.25, 0.3) is 0 Å². The second kappa shape index (κ2) is 6.40. The number of amides is 1. The van der Waals surface area contributed by atoms with E-state index in [1.54, 1.807) is 35.4 Å². The molecule has 2 heterocycles. The fraction of sp³-hybridized carbons (Fsp3) is 0.368. The number of benzene rings is 1. The average molecular weight is 353 g/mol. The number of carboxylic acid groups (broad SMARTS) is 1. The summed E-state index contributed by atoms with van der Waals surface area (Å²) in [5.74, 6) is -0.109. The number of piperidine rings is 1. The second-order valence-electron chi connectivity index (χ2n) is 6.92. The van der Waals surface area contributed by atoms with E-state index in [0.717, 1.165) is 19.3 Å². The number of likely N-dealkylation sites (tertiary alicyclic amines) is 1. The second-order valence-corrected chi connectivity index (χ2v) is 6.92. The van der Waals surface area contributed by atoms with Gasteiger partial charge < -0.3 is 14.7 Å². The zero-order chi connectivity index (χ0) is 18.1. The highest BCUT2D eigenvalue weighted by Crippen LogP contribution is 2.59. The van der Waals surface area contributed by atoms with E-state index in [1.165, 1.54) is 12.4 Å². The van der Waals surface area contributed by atoms with Crippen molar-refractivity contribution in [1.82, 2.24) is 14.9 Å². The first-order valence-electron chi connectivity index (χ1n) is 8.63. The summed E-state index contributed by atoms with van der Waals surface area (Å²) in [7, 11) is 0. The lowest BCUT2D eigenvalue weighted by Gasteiger charge is -2.32. The van der Waals surface area contributed by atoms with E-state index in [-0.39, 0.29) is 17.2 Å². The summed E-state index contributed by atoms with van der Waals surface area (Å²) in [6.45, 7) is 1.19. The molecule has 1 N–H and O–H groups in total. The van der Waals surface area contributed by atoms with Crippen LogP contribution in [0.15, 0.2) is 42.9 Å². The maximum Gasteiger partial charge on any atom is 0.307 e. The molecule has 1 atom stereocenters. The minimum absolute atomic E-state index is 0.0584. The molecule has 1 aromatic carbocycles. The number of carboxylic acids is 1. The summed E-state index contributed by atoms with van der Waals surface area (Å²) in [5.41, 5.74) is 0.465. The molecule has 1 aliphatic carbocycles. The number of aliphatic carboxylic acids is 1. The van der Waals surface area contributed by atoms with Gasteiger partial charge in [-0.05, 0) is 42.9 Å². The highest BCUT2D eigenvalue weighted by Gasteiger charge is 2.59. The lowest BCUT2D eigenvalue weighted by atomic mass is 9.90. The van der Waals surface area contributed by atoms with E-state index in [1.807, 2.05) is 0 Å². The molecular weight excluding hydrogens is 334 g/mol. The molecule has 26 heavy (non-hydrogen) atoms. The molecule has 2 fully saturated rings. The Labute approximate surface area is 150 Å². The smallest absolute Gasteiger partial charge is 0.307 e. The van der Waals surface area contributed by atoms with Gasteiger partial charge in [-0.15, -0.1) is 0 Å². The fourth-order valence-corrected chi connectivity index (χ4v) is 3.74.